The van der Waals surface area contributed by atoms with Gasteiger partial charge < -0.3 is 42.7 Å². The van der Waals surface area contributed by atoms with Crippen LogP contribution in [0, 0.1) is 5.92 Å². The third kappa shape index (κ3) is 10.7. The van der Waals surface area contributed by atoms with Crippen molar-refractivity contribution in [1.29, 1.82) is 0 Å². The van der Waals surface area contributed by atoms with Crippen LogP contribution in [0.2, 0.25) is 0 Å². The second kappa shape index (κ2) is 16.5. The zero-order chi connectivity index (χ0) is 29.7. The number of rotatable bonds is 15. The lowest BCUT2D eigenvalue weighted by Gasteiger charge is -2.31. The van der Waals surface area contributed by atoms with Gasteiger partial charge in [-0.2, -0.15) is 0 Å². The van der Waals surface area contributed by atoms with Gasteiger partial charge in [-0.3, -0.25) is 29.0 Å². The topological polar surface area (TPSA) is 221 Å². The Morgan fingerprint density at radius 2 is 1.67 bits per heavy atom. The molecule has 1 rings (SSSR count). The van der Waals surface area contributed by atoms with E-state index in [1.165, 1.54) is 18.7 Å². The minimum absolute atomic E-state index is 0.0934. The van der Waals surface area contributed by atoms with Gasteiger partial charge in [0.05, 0.1) is 6.10 Å². The summed E-state index contributed by atoms with van der Waals surface area (Å²) in [7, 11) is 0. The number of likely N-dealkylation sites (tertiary alicyclic amines) is 1. The molecule has 9 N–H and O–H groups in total. The first kappa shape index (κ1) is 33.6. The van der Waals surface area contributed by atoms with Crippen LogP contribution in [0.5, 0.6) is 0 Å². The molecule has 5 amide bonds. The summed E-state index contributed by atoms with van der Waals surface area (Å²) in [5.74, 6) is -2.93. The fourth-order valence-corrected chi connectivity index (χ4v) is 4.39. The van der Waals surface area contributed by atoms with E-state index < -0.39 is 53.9 Å². The van der Waals surface area contributed by atoms with Gasteiger partial charge in [-0.05, 0) is 45.4 Å². The van der Waals surface area contributed by atoms with E-state index in [-0.39, 0.29) is 30.8 Å². The highest BCUT2D eigenvalue weighted by Crippen LogP contribution is 2.20. The van der Waals surface area contributed by atoms with E-state index >= 15 is 0 Å². The number of hydrogen-bond acceptors (Lipinski definition) is 7. The predicted molar refractivity (Wildman–Crippen MR) is 146 cm³/mol. The minimum Gasteiger partial charge on any atom is -0.391 e. The average Bonchev–Trinajstić information content (AvgIpc) is 3.36. The molecule has 39 heavy (non-hydrogen) atoms. The van der Waals surface area contributed by atoms with Crippen LogP contribution < -0.4 is 32.7 Å². The Morgan fingerprint density at radius 3 is 2.21 bits per heavy atom. The maximum atomic E-state index is 13.6. The molecule has 6 atom stereocenters. The predicted octanol–water partition coefficient (Wildman–Crippen LogP) is -1.93. The van der Waals surface area contributed by atoms with Crippen LogP contribution in [0.3, 0.4) is 0 Å². The fourth-order valence-electron chi connectivity index (χ4n) is 4.39. The first-order valence-electron chi connectivity index (χ1n) is 13.5. The van der Waals surface area contributed by atoms with E-state index in [9.17, 15) is 29.1 Å². The number of nitrogens with one attached hydrogen (secondary N) is 4. The first-order valence-corrected chi connectivity index (χ1v) is 13.5. The Balaban J connectivity index is 3.18. The molecule has 0 aromatic heterocycles. The molecule has 1 fully saturated rings. The number of aliphatic hydroxyl groups is 1. The Morgan fingerprint density at radius 1 is 1.03 bits per heavy atom. The molecule has 1 aliphatic heterocycles. The van der Waals surface area contributed by atoms with Gasteiger partial charge in [0, 0.05) is 26.6 Å². The van der Waals surface area contributed by atoms with Crippen molar-refractivity contribution in [3.05, 3.63) is 0 Å². The van der Waals surface area contributed by atoms with Gasteiger partial charge in [0.2, 0.25) is 29.5 Å². The summed E-state index contributed by atoms with van der Waals surface area (Å²) in [5.41, 5.74) is 10.8. The Kier molecular flexibility index (Phi) is 14.2. The van der Waals surface area contributed by atoms with E-state index in [0.29, 0.717) is 38.8 Å². The monoisotopic (exact) mass is 554 g/mol. The smallest absolute Gasteiger partial charge is 0.245 e. The molecule has 0 bridgehead atoms. The van der Waals surface area contributed by atoms with Crippen LogP contribution in [0.15, 0.2) is 4.99 Å². The molecule has 0 saturated carbocycles. The molecule has 1 aliphatic rings. The van der Waals surface area contributed by atoms with Crippen LogP contribution in [0.1, 0.15) is 66.7 Å². The maximum Gasteiger partial charge on any atom is 0.245 e. The third-order valence-corrected chi connectivity index (χ3v) is 6.67. The molecule has 0 aromatic carbocycles. The van der Waals surface area contributed by atoms with Gasteiger partial charge >= 0.3 is 0 Å². The SMILES string of the molecule is CCNC(=O)[C@@H]1CCCN1C(=O)[C@H](CCCN=C(N)N)NC(=O)[C@@H](NC(=O)[C@@H](NC(C)=O)[C@H](C)O)[C@@H](C)CC. The molecular weight excluding hydrogens is 508 g/mol. The van der Waals surface area contributed by atoms with Gasteiger partial charge in [-0.15, -0.1) is 0 Å². The molecule has 1 heterocycles. The molecule has 222 valence electrons. The van der Waals surface area contributed by atoms with E-state index in [0.717, 1.165) is 0 Å². The highest BCUT2D eigenvalue weighted by molar-refractivity contribution is 5.96. The highest BCUT2D eigenvalue weighted by atomic mass is 16.3. The van der Waals surface area contributed by atoms with Crippen molar-refractivity contribution in [2.24, 2.45) is 22.4 Å². The van der Waals surface area contributed by atoms with Crippen LogP contribution in [0.25, 0.3) is 0 Å². The Labute approximate surface area is 230 Å². The van der Waals surface area contributed by atoms with Crippen molar-refractivity contribution in [2.45, 2.75) is 97.0 Å². The molecule has 0 unspecified atom stereocenters. The van der Waals surface area contributed by atoms with Gasteiger partial charge in [0.1, 0.15) is 24.2 Å². The molecule has 0 aliphatic carbocycles. The normalized spacial score (nSPS) is 18.6. The Bertz CT molecular complexity index is 892. The van der Waals surface area contributed by atoms with Crippen LogP contribution >= 0.6 is 0 Å². The molecule has 0 radical (unpaired) electrons. The summed E-state index contributed by atoms with van der Waals surface area (Å²) in [6, 6.07) is -3.94. The van der Waals surface area contributed by atoms with Crippen molar-refractivity contribution in [1.82, 2.24) is 26.2 Å². The lowest BCUT2D eigenvalue weighted by atomic mass is 9.96. The summed E-state index contributed by atoms with van der Waals surface area (Å²) in [4.78, 5) is 69.5. The number of carbonyl (C=O) groups is 5. The summed E-state index contributed by atoms with van der Waals surface area (Å²) in [6.07, 6.45) is 1.05. The number of aliphatic imine (C=N–C) groups is 1. The molecule has 0 spiro atoms. The van der Waals surface area contributed by atoms with E-state index in [4.69, 9.17) is 11.5 Å². The van der Waals surface area contributed by atoms with Crippen LogP contribution in [0.4, 0.5) is 0 Å². The fraction of sp³-hybridized carbons (Fsp3) is 0.760. The number of carbonyl (C=O) groups excluding carboxylic acids is 5. The quantitative estimate of drug-likeness (QED) is 0.0684. The second-order valence-corrected chi connectivity index (χ2v) is 9.88. The number of guanidine groups is 1. The lowest BCUT2D eigenvalue weighted by Crippen LogP contribution is -2.60. The van der Waals surface area contributed by atoms with Crippen molar-refractivity contribution in [3.8, 4) is 0 Å². The summed E-state index contributed by atoms with van der Waals surface area (Å²) >= 11 is 0. The van der Waals surface area contributed by atoms with E-state index in [2.05, 4.69) is 26.3 Å². The number of aliphatic hydroxyl groups excluding tert-OH is 1. The lowest BCUT2D eigenvalue weighted by molar-refractivity contribution is -0.142. The maximum absolute atomic E-state index is 13.6. The highest BCUT2D eigenvalue weighted by Gasteiger charge is 2.39. The van der Waals surface area contributed by atoms with Crippen LogP contribution in [-0.2, 0) is 24.0 Å². The van der Waals surface area contributed by atoms with Crippen molar-refractivity contribution >= 4 is 35.5 Å². The van der Waals surface area contributed by atoms with Crippen molar-refractivity contribution in [3.63, 3.8) is 0 Å². The number of likely N-dealkylation sites (N-methyl/N-ethyl adjacent to an activating group) is 1. The largest absolute Gasteiger partial charge is 0.391 e. The summed E-state index contributed by atoms with van der Waals surface area (Å²) < 4.78 is 0. The molecular formula is C25H46N8O6. The van der Waals surface area contributed by atoms with E-state index in [1.54, 1.807) is 13.8 Å². The van der Waals surface area contributed by atoms with E-state index in [1.807, 2.05) is 6.92 Å². The molecule has 14 nitrogen and oxygen atoms in total. The molecule has 0 aromatic rings. The number of nitrogens with zero attached hydrogens (tertiary/aromatic N) is 2. The van der Waals surface area contributed by atoms with Gasteiger partial charge in [-0.1, -0.05) is 20.3 Å². The summed E-state index contributed by atoms with van der Waals surface area (Å²) in [5, 5.41) is 20.5. The van der Waals surface area contributed by atoms with Gasteiger partial charge in [0.25, 0.3) is 0 Å². The second-order valence-electron chi connectivity index (χ2n) is 9.88. The Hall–Kier alpha value is -3.42. The minimum atomic E-state index is -1.26. The zero-order valence-electron chi connectivity index (χ0n) is 23.7. The van der Waals surface area contributed by atoms with Gasteiger partial charge in [-0.25, -0.2) is 0 Å². The first-order chi connectivity index (χ1) is 18.3. The van der Waals surface area contributed by atoms with Crippen LogP contribution in [-0.4, -0.2) is 95.4 Å². The van der Waals surface area contributed by atoms with Gasteiger partial charge in [0.15, 0.2) is 5.96 Å². The van der Waals surface area contributed by atoms with Crippen molar-refractivity contribution in [2.75, 3.05) is 19.6 Å². The standard InChI is InChI=1S/C25H46N8O6/c1-6-14(3)19(32-23(38)20(15(4)34)30-16(5)35)22(37)31-17(10-8-12-29-25(26)27)24(39)33-13-9-11-18(33)21(36)28-7-2/h14-15,17-20,34H,6-13H2,1-5H3,(H,28,36)(H,30,35)(H,31,37)(H,32,38)(H4,26,27,29)/t14-,15-,17-,18-,19-,20-/m0/s1. The average molecular weight is 555 g/mol. The van der Waals surface area contributed by atoms with Crippen molar-refractivity contribution < 1.29 is 29.1 Å². The molecule has 14 heteroatoms. The summed E-state index contributed by atoms with van der Waals surface area (Å²) in [6.45, 7) is 9.01. The third-order valence-electron chi connectivity index (χ3n) is 6.67. The number of hydrogen-bond donors (Lipinski definition) is 7. The number of amides is 5. The zero-order valence-corrected chi connectivity index (χ0v) is 23.7. The number of nitrogens with two attached hydrogens (primary N) is 2. The molecule has 1 saturated heterocycles.